The number of halogens is 1. The Kier molecular flexibility index (Phi) is 5.12. The Bertz CT molecular complexity index is 733. The average molecular weight is 350 g/mol. The van der Waals surface area contributed by atoms with E-state index in [0.29, 0.717) is 12.1 Å². The van der Waals surface area contributed by atoms with Crippen LogP contribution in [-0.4, -0.2) is 64.2 Å². The maximum Gasteiger partial charge on any atom is 0.259 e. The van der Waals surface area contributed by atoms with Gasteiger partial charge in [0.15, 0.2) is 0 Å². The summed E-state index contributed by atoms with van der Waals surface area (Å²) in [5.74, 6) is -0.809. The minimum Gasteiger partial charge on any atom is -0.388 e. The zero-order valence-corrected chi connectivity index (χ0v) is 13.6. The lowest BCUT2D eigenvalue weighted by Crippen LogP contribution is -2.57. The minimum absolute atomic E-state index is 0.0253. The highest BCUT2D eigenvalue weighted by molar-refractivity contribution is 5.99. The lowest BCUT2D eigenvalue weighted by atomic mass is 10.0. The van der Waals surface area contributed by atoms with E-state index in [2.05, 4.69) is 5.16 Å². The average Bonchev–Trinajstić information content (AvgIpc) is 3.09. The number of hydrogen-bond acceptors (Lipinski definition) is 6. The number of rotatable bonds is 4. The van der Waals surface area contributed by atoms with Gasteiger partial charge in [-0.1, -0.05) is 5.16 Å². The van der Waals surface area contributed by atoms with Crippen molar-refractivity contribution in [1.29, 1.82) is 0 Å². The number of nitrogens with zero attached hydrogens (tertiary/aromatic N) is 2. The summed E-state index contributed by atoms with van der Waals surface area (Å²) in [5, 5.41) is 23.8. The number of ether oxygens (including phenoxy) is 1. The van der Waals surface area contributed by atoms with E-state index in [1.165, 1.54) is 35.4 Å². The van der Waals surface area contributed by atoms with Crippen molar-refractivity contribution in [2.75, 3.05) is 19.8 Å². The molecule has 3 atom stereocenters. The number of aromatic nitrogens is 1. The maximum atomic E-state index is 13.1. The molecule has 8 heteroatoms. The molecule has 0 aliphatic carbocycles. The van der Waals surface area contributed by atoms with Crippen molar-refractivity contribution in [3.05, 3.63) is 41.9 Å². The zero-order chi connectivity index (χ0) is 18.0. The van der Waals surface area contributed by atoms with E-state index in [0.717, 1.165) is 0 Å². The normalized spacial score (nSPS) is 23.4. The lowest BCUT2D eigenvalue weighted by Gasteiger charge is -2.39. The molecule has 2 N–H and O–H groups in total. The van der Waals surface area contributed by atoms with Crippen LogP contribution in [0.25, 0.3) is 11.3 Å². The molecule has 0 spiro atoms. The van der Waals surface area contributed by atoms with Gasteiger partial charge in [-0.3, -0.25) is 4.79 Å². The van der Waals surface area contributed by atoms with Gasteiger partial charge >= 0.3 is 0 Å². The summed E-state index contributed by atoms with van der Waals surface area (Å²) in [6, 6.07) is 4.86. The molecule has 1 fully saturated rings. The molecule has 7 nitrogen and oxygen atoms in total. The van der Waals surface area contributed by atoms with E-state index >= 15 is 0 Å². The molecular weight excluding hydrogens is 331 g/mol. The number of aliphatic hydroxyl groups excluding tert-OH is 2. The van der Waals surface area contributed by atoms with Crippen molar-refractivity contribution in [3.8, 4) is 11.3 Å². The third kappa shape index (κ3) is 3.41. The van der Waals surface area contributed by atoms with E-state index < -0.39 is 30.0 Å². The second-order valence-electron chi connectivity index (χ2n) is 5.84. The van der Waals surface area contributed by atoms with Crippen molar-refractivity contribution in [2.24, 2.45) is 0 Å². The second kappa shape index (κ2) is 7.30. The van der Waals surface area contributed by atoms with Crippen molar-refractivity contribution >= 4 is 5.91 Å². The van der Waals surface area contributed by atoms with Gasteiger partial charge in [0, 0.05) is 12.1 Å². The van der Waals surface area contributed by atoms with E-state index in [1.54, 1.807) is 6.92 Å². The SMILES string of the molecule is CCN(C(=O)c1conc1-c1ccc(F)cc1)[C@@H]1COC[C@@H](O)[C@H]1O. The van der Waals surface area contributed by atoms with Crippen LogP contribution in [0.3, 0.4) is 0 Å². The highest BCUT2D eigenvalue weighted by Gasteiger charge is 2.38. The Hall–Kier alpha value is -2.29. The van der Waals surface area contributed by atoms with E-state index in [1.807, 2.05) is 0 Å². The monoisotopic (exact) mass is 350 g/mol. The lowest BCUT2D eigenvalue weighted by molar-refractivity contribution is -0.125. The molecule has 0 radical (unpaired) electrons. The number of hydrogen-bond donors (Lipinski definition) is 2. The zero-order valence-electron chi connectivity index (χ0n) is 13.6. The van der Waals surface area contributed by atoms with Crippen LogP contribution in [0.4, 0.5) is 4.39 Å². The van der Waals surface area contributed by atoms with Crippen molar-refractivity contribution in [2.45, 2.75) is 25.2 Å². The summed E-state index contributed by atoms with van der Waals surface area (Å²) in [5.41, 5.74) is 1.02. The second-order valence-corrected chi connectivity index (χ2v) is 5.84. The molecule has 0 saturated carbocycles. The Morgan fingerprint density at radius 2 is 2.04 bits per heavy atom. The largest absolute Gasteiger partial charge is 0.388 e. The molecule has 25 heavy (non-hydrogen) atoms. The molecule has 1 aliphatic rings. The standard InChI is InChI=1S/C17H19FN2O5/c1-2-20(13-8-24-9-14(21)16(13)22)17(23)12-7-25-19-15(12)10-3-5-11(18)6-4-10/h3-7,13-14,16,21-22H,2,8-9H2,1H3/t13-,14-,16+/m1/s1. The van der Waals surface area contributed by atoms with Crippen molar-refractivity contribution < 1.29 is 28.7 Å². The molecular formula is C17H19FN2O5. The number of carbonyl (C=O) groups excluding carboxylic acids is 1. The highest BCUT2D eigenvalue weighted by Crippen LogP contribution is 2.25. The van der Waals surface area contributed by atoms with Crippen LogP contribution in [0.2, 0.25) is 0 Å². The first kappa shape index (κ1) is 17.5. The van der Waals surface area contributed by atoms with E-state index in [-0.39, 0.29) is 24.5 Å². The van der Waals surface area contributed by atoms with Gasteiger partial charge in [-0.15, -0.1) is 0 Å². The molecule has 1 saturated heterocycles. The van der Waals surface area contributed by atoms with Gasteiger partial charge in [-0.05, 0) is 31.2 Å². The molecule has 1 aromatic heterocycles. The smallest absolute Gasteiger partial charge is 0.259 e. The molecule has 1 amide bonds. The molecule has 0 bridgehead atoms. The maximum absolute atomic E-state index is 13.1. The fourth-order valence-electron chi connectivity index (χ4n) is 2.93. The summed E-state index contributed by atoms with van der Waals surface area (Å²) in [6.07, 6.45) is -0.942. The van der Waals surface area contributed by atoms with Gasteiger partial charge in [0.05, 0.1) is 19.3 Å². The van der Waals surface area contributed by atoms with Crippen LogP contribution in [0.15, 0.2) is 35.1 Å². The molecule has 0 unspecified atom stereocenters. The summed E-state index contributed by atoms with van der Waals surface area (Å²) >= 11 is 0. The van der Waals surface area contributed by atoms with E-state index in [9.17, 15) is 19.4 Å². The quantitative estimate of drug-likeness (QED) is 0.856. The van der Waals surface area contributed by atoms with Crippen LogP contribution in [0.5, 0.6) is 0 Å². The fourth-order valence-corrected chi connectivity index (χ4v) is 2.93. The van der Waals surface area contributed by atoms with Crippen LogP contribution in [-0.2, 0) is 4.74 Å². The van der Waals surface area contributed by atoms with Gasteiger partial charge in [-0.2, -0.15) is 0 Å². The topological polar surface area (TPSA) is 96.0 Å². The molecule has 134 valence electrons. The first-order valence-electron chi connectivity index (χ1n) is 7.98. The highest BCUT2D eigenvalue weighted by atomic mass is 19.1. The summed E-state index contributed by atoms with van der Waals surface area (Å²) in [6.45, 7) is 2.20. The molecule has 2 aromatic rings. The van der Waals surface area contributed by atoms with Gasteiger partial charge in [0.25, 0.3) is 5.91 Å². The third-order valence-corrected chi connectivity index (χ3v) is 4.29. The van der Waals surface area contributed by atoms with Crippen LogP contribution in [0, 0.1) is 5.82 Å². The number of aliphatic hydroxyl groups is 2. The number of benzene rings is 1. The predicted octanol–water partition coefficient (Wildman–Crippen LogP) is 1.06. The summed E-state index contributed by atoms with van der Waals surface area (Å²) in [4.78, 5) is 14.4. The van der Waals surface area contributed by atoms with E-state index in [4.69, 9.17) is 9.26 Å². The predicted molar refractivity (Wildman–Crippen MR) is 85.2 cm³/mol. The Labute approximate surface area is 143 Å². The molecule has 1 aromatic carbocycles. The third-order valence-electron chi connectivity index (χ3n) is 4.29. The van der Waals surface area contributed by atoms with Crippen LogP contribution >= 0.6 is 0 Å². The Morgan fingerprint density at radius 1 is 1.32 bits per heavy atom. The Balaban J connectivity index is 1.89. The van der Waals surface area contributed by atoms with Gasteiger partial charge in [0.2, 0.25) is 0 Å². The van der Waals surface area contributed by atoms with Crippen LogP contribution in [0.1, 0.15) is 17.3 Å². The fraction of sp³-hybridized carbons (Fsp3) is 0.412. The van der Waals surface area contributed by atoms with Gasteiger partial charge in [-0.25, -0.2) is 4.39 Å². The molecule has 1 aliphatic heterocycles. The first-order chi connectivity index (χ1) is 12.0. The minimum atomic E-state index is -1.10. The van der Waals surface area contributed by atoms with Crippen molar-refractivity contribution in [3.63, 3.8) is 0 Å². The molecule has 2 heterocycles. The van der Waals surface area contributed by atoms with Gasteiger partial charge in [0.1, 0.15) is 35.5 Å². The molecule has 3 rings (SSSR count). The Morgan fingerprint density at radius 3 is 2.72 bits per heavy atom. The van der Waals surface area contributed by atoms with Gasteiger partial charge < -0.3 is 24.4 Å². The number of amides is 1. The summed E-state index contributed by atoms with van der Waals surface area (Å²) < 4.78 is 23.3. The first-order valence-corrected chi connectivity index (χ1v) is 7.98. The number of carbonyl (C=O) groups is 1. The van der Waals surface area contributed by atoms with Crippen molar-refractivity contribution in [1.82, 2.24) is 10.1 Å². The summed E-state index contributed by atoms with van der Waals surface area (Å²) in [7, 11) is 0. The van der Waals surface area contributed by atoms with Crippen LogP contribution < -0.4 is 0 Å². The number of likely N-dealkylation sites (N-methyl/N-ethyl adjacent to an activating group) is 1.